The normalized spacial score (nSPS) is 19.2. The Balaban J connectivity index is 1.55. The van der Waals surface area contributed by atoms with Gasteiger partial charge in [-0.1, -0.05) is 42.5 Å². The Labute approximate surface area is 145 Å². The van der Waals surface area contributed by atoms with Crippen molar-refractivity contribution in [3.05, 3.63) is 60.2 Å². The second-order valence-corrected chi connectivity index (χ2v) is 5.99. The lowest BCUT2D eigenvalue weighted by Gasteiger charge is -2.31. The van der Waals surface area contributed by atoms with Crippen LogP contribution < -0.4 is 9.64 Å². The van der Waals surface area contributed by atoms with Gasteiger partial charge in [0.25, 0.3) is 0 Å². The summed E-state index contributed by atoms with van der Waals surface area (Å²) in [6.45, 7) is 1.15. The molecule has 2 aliphatic rings. The van der Waals surface area contributed by atoms with Crippen molar-refractivity contribution in [2.24, 2.45) is 0 Å². The zero-order valence-electron chi connectivity index (χ0n) is 13.6. The van der Waals surface area contributed by atoms with Gasteiger partial charge in [-0.15, -0.1) is 0 Å². The molecule has 0 aliphatic carbocycles. The van der Waals surface area contributed by atoms with E-state index in [0.717, 1.165) is 11.3 Å². The van der Waals surface area contributed by atoms with Gasteiger partial charge in [-0.25, -0.2) is 4.79 Å². The molecule has 0 radical (unpaired) electrons. The van der Waals surface area contributed by atoms with E-state index in [1.807, 2.05) is 54.6 Å². The SMILES string of the molecule is O=C(CN1C(=O)OCC1c1ccccc1)N1CCOc2ccccc21. The van der Waals surface area contributed by atoms with Gasteiger partial charge in [0.1, 0.15) is 25.5 Å². The highest BCUT2D eigenvalue weighted by Crippen LogP contribution is 2.32. The maximum Gasteiger partial charge on any atom is 0.410 e. The van der Waals surface area contributed by atoms with Gasteiger partial charge in [0.05, 0.1) is 18.3 Å². The Hall–Kier alpha value is -3.02. The Morgan fingerprint density at radius 3 is 2.64 bits per heavy atom. The monoisotopic (exact) mass is 338 g/mol. The number of carbonyl (C=O) groups is 2. The van der Waals surface area contributed by atoms with Crippen LogP contribution in [-0.4, -0.2) is 43.2 Å². The van der Waals surface area contributed by atoms with Gasteiger partial charge in [0.2, 0.25) is 5.91 Å². The van der Waals surface area contributed by atoms with Crippen molar-refractivity contribution in [3.8, 4) is 5.75 Å². The molecule has 6 nitrogen and oxygen atoms in total. The number of ether oxygens (including phenoxy) is 2. The second kappa shape index (κ2) is 6.47. The van der Waals surface area contributed by atoms with Crippen LogP contribution in [0.2, 0.25) is 0 Å². The topological polar surface area (TPSA) is 59.1 Å². The fourth-order valence-electron chi connectivity index (χ4n) is 3.24. The molecule has 0 bridgehead atoms. The fraction of sp³-hybridized carbons (Fsp3) is 0.263. The van der Waals surface area contributed by atoms with Crippen LogP contribution >= 0.6 is 0 Å². The third kappa shape index (κ3) is 2.91. The summed E-state index contributed by atoms with van der Waals surface area (Å²) >= 11 is 0. The van der Waals surface area contributed by atoms with Gasteiger partial charge < -0.3 is 14.4 Å². The van der Waals surface area contributed by atoms with Crippen LogP contribution in [0.3, 0.4) is 0 Å². The molecule has 0 saturated carbocycles. The van der Waals surface area contributed by atoms with Gasteiger partial charge in [0.15, 0.2) is 0 Å². The third-order valence-corrected chi connectivity index (χ3v) is 4.49. The van der Waals surface area contributed by atoms with E-state index in [1.165, 1.54) is 4.90 Å². The summed E-state index contributed by atoms with van der Waals surface area (Å²) in [7, 11) is 0. The smallest absolute Gasteiger partial charge is 0.410 e. The standard InChI is InChI=1S/C19H18N2O4/c22-18(20-10-11-24-17-9-5-4-8-15(17)20)12-21-16(13-25-19(21)23)14-6-2-1-3-7-14/h1-9,16H,10-13H2. The number of nitrogens with zero attached hydrogens (tertiary/aromatic N) is 2. The van der Waals surface area contributed by atoms with Crippen LogP contribution in [0.5, 0.6) is 5.75 Å². The molecule has 2 aliphatic heterocycles. The number of benzene rings is 2. The van der Waals surface area contributed by atoms with Crippen LogP contribution in [0.1, 0.15) is 11.6 Å². The molecular formula is C19H18N2O4. The first-order valence-corrected chi connectivity index (χ1v) is 8.24. The first-order valence-electron chi connectivity index (χ1n) is 8.24. The van der Waals surface area contributed by atoms with E-state index in [-0.39, 0.29) is 25.1 Å². The highest BCUT2D eigenvalue weighted by Gasteiger charge is 2.37. The average molecular weight is 338 g/mol. The Morgan fingerprint density at radius 2 is 1.80 bits per heavy atom. The first-order chi connectivity index (χ1) is 12.2. The van der Waals surface area contributed by atoms with E-state index in [4.69, 9.17) is 9.47 Å². The van der Waals surface area contributed by atoms with E-state index in [0.29, 0.717) is 18.9 Å². The maximum atomic E-state index is 12.9. The van der Waals surface area contributed by atoms with Crippen LogP contribution in [0.15, 0.2) is 54.6 Å². The molecule has 25 heavy (non-hydrogen) atoms. The van der Waals surface area contributed by atoms with Crippen molar-refractivity contribution < 1.29 is 19.1 Å². The van der Waals surface area contributed by atoms with Crippen molar-refractivity contribution >= 4 is 17.7 Å². The molecule has 4 rings (SSSR count). The number of carbonyl (C=O) groups excluding carboxylic acids is 2. The molecule has 6 heteroatoms. The lowest BCUT2D eigenvalue weighted by molar-refractivity contribution is -0.119. The zero-order valence-corrected chi connectivity index (χ0v) is 13.6. The second-order valence-electron chi connectivity index (χ2n) is 5.99. The van der Waals surface area contributed by atoms with Gasteiger partial charge in [0, 0.05) is 0 Å². The van der Waals surface area contributed by atoms with Crippen LogP contribution in [0, 0.1) is 0 Å². The molecule has 2 heterocycles. The Kier molecular flexibility index (Phi) is 4.01. The van der Waals surface area contributed by atoms with Crippen LogP contribution in [0.4, 0.5) is 10.5 Å². The summed E-state index contributed by atoms with van der Waals surface area (Å²) in [4.78, 5) is 28.2. The summed E-state index contributed by atoms with van der Waals surface area (Å²) in [5, 5.41) is 0. The molecule has 2 amide bonds. The van der Waals surface area contributed by atoms with E-state index in [9.17, 15) is 9.59 Å². The van der Waals surface area contributed by atoms with E-state index >= 15 is 0 Å². The van der Waals surface area contributed by atoms with E-state index in [1.54, 1.807) is 4.90 Å². The van der Waals surface area contributed by atoms with Gasteiger partial charge in [-0.3, -0.25) is 9.69 Å². The number of hydrogen-bond acceptors (Lipinski definition) is 4. The van der Waals surface area contributed by atoms with E-state index < -0.39 is 6.09 Å². The molecule has 1 fully saturated rings. The number of cyclic esters (lactones) is 1. The minimum Gasteiger partial charge on any atom is -0.490 e. The molecule has 2 aromatic carbocycles. The molecule has 0 spiro atoms. The molecule has 0 aromatic heterocycles. The number of fused-ring (bicyclic) bond motifs is 1. The molecular weight excluding hydrogens is 320 g/mol. The van der Waals surface area contributed by atoms with E-state index in [2.05, 4.69) is 0 Å². The lowest BCUT2D eigenvalue weighted by Crippen LogP contribution is -2.45. The quantitative estimate of drug-likeness (QED) is 0.863. The first kappa shape index (κ1) is 15.5. The number of amides is 2. The fourth-order valence-corrected chi connectivity index (χ4v) is 3.24. The molecule has 0 N–H and O–H groups in total. The summed E-state index contributed by atoms with van der Waals surface area (Å²) in [5.41, 5.74) is 1.70. The third-order valence-electron chi connectivity index (χ3n) is 4.49. The highest BCUT2D eigenvalue weighted by molar-refractivity contribution is 5.98. The maximum absolute atomic E-state index is 12.9. The van der Waals surface area contributed by atoms with Crippen molar-refractivity contribution in [2.45, 2.75) is 6.04 Å². The zero-order chi connectivity index (χ0) is 17.2. The van der Waals surface area contributed by atoms with Gasteiger partial charge >= 0.3 is 6.09 Å². The predicted molar refractivity (Wildman–Crippen MR) is 91.5 cm³/mol. The van der Waals surface area contributed by atoms with Crippen molar-refractivity contribution in [2.75, 3.05) is 31.2 Å². The average Bonchev–Trinajstić information content (AvgIpc) is 3.02. The summed E-state index contributed by atoms with van der Waals surface area (Å²) < 4.78 is 10.8. The lowest BCUT2D eigenvalue weighted by atomic mass is 10.1. The molecule has 1 unspecified atom stereocenters. The van der Waals surface area contributed by atoms with Crippen molar-refractivity contribution in [1.29, 1.82) is 0 Å². The summed E-state index contributed by atoms with van der Waals surface area (Å²) in [6.07, 6.45) is -0.455. The Morgan fingerprint density at radius 1 is 1.04 bits per heavy atom. The summed E-state index contributed by atoms with van der Waals surface area (Å²) in [6, 6.07) is 16.8. The van der Waals surface area contributed by atoms with Crippen molar-refractivity contribution in [1.82, 2.24) is 4.90 Å². The molecule has 1 saturated heterocycles. The summed E-state index contributed by atoms with van der Waals surface area (Å²) in [5.74, 6) is 0.543. The largest absolute Gasteiger partial charge is 0.490 e. The highest BCUT2D eigenvalue weighted by atomic mass is 16.6. The van der Waals surface area contributed by atoms with Gasteiger partial charge in [-0.2, -0.15) is 0 Å². The Bertz CT molecular complexity index is 793. The molecule has 128 valence electrons. The molecule has 2 aromatic rings. The minimum absolute atomic E-state index is 0.0211. The van der Waals surface area contributed by atoms with Crippen molar-refractivity contribution in [3.63, 3.8) is 0 Å². The number of para-hydroxylation sites is 2. The van der Waals surface area contributed by atoms with Crippen LogP contribution in [-0.2, 0) is 9.53 Å². The molecule has 1 atom stereocenters. The van der Waals surface area contributed by atoms with Crippen LogP contribution in [0.25, 0.3) is 0 Å². The number of rotatable bonds is 3. The predicted octanol–water partition coefficient (Wildman–Crippen LogP) is 2.61. The number of hydrogen-bond donors (Lipinski definition) is 0. The number of anilines is 1. The minimum atomic E-state index is -0.455. The van der Waals surface area contributed by atoms with Gasteiger partial charge in [-0.05, 0) is 17.7 Å².